The normalized spacial score (nSPS) is 30.0. The lowest BCUT2D eigenvalue weighted by Gasteiger charge is -2.49. The van der Waals surface area contributed by atoms with Crippen LogP contribution in [0.15, 0.2) is 48.0 Å². The molecule has 5 nitrogen and oxygen atoms in total. The first-order valence-corrected chi connectivity index (χ1v) is 12.5. The van der Waals surface area contributed by atoms with E-state index in [2.05, 4.69) is 71.9 Å². The van der Waals surface area contributed by atoms with Gasteiger partial charge in [-0.2, -0.15) is 0 Å². The minimum absolute atomic E-state index is 0.117. The number of aromatic hydroxyl groups is 1. The number of aryl methyl sites for hydroxylation is 4. The van der Waals surface area contributed by atoms with E-state index in [-0.39, 0.29) is 5.75 Å². The van der Waals surface area contributed by atoms with E-state index in [9.17, 15) is 5.11 Å². The maximum atomic E-state index is 11.6. The smallest absolute Gasteiger partial charge is 0.291 e. The van der Waals surface area contributed by atoms with Crippen LogP contribution in [0.3, 0.4) is 0 Å². The van der Waals surface area contributed by atoms with Crippen LogP contribution in [0.25, 0.3) is 0 Å². The predicted molar refractivity (Wildman–Crippen MR) is 137 cm³/mol. The Hall–Kier alpha value is -3.60. The highest BCUT2D eigenvalue weighted by Crippen LogP contribution is 2.72. The molecular formula is C31H30O5. The SMILES string of the molecule is COc1cc(O)c2c(c1)O[C@@]13Oc4c(C)cc(C)cc4[C@]21[C@@H]1Oc2c(C)cc(C)cc2[C@]1(C)C=C3C. The monoisotopic (exact) mass is 482 g/mol. The molecule has 0 aromatic heterocycles. The van der Waals surface area contributed by atoms with E-state index in [4.69, 9.17) is 18.9 Å². The minimum Gasteiger partial charge on any atom is -0.507 e. The zero-order valence-electron chi connectivity index (χ0n) is 21.7. The van der Waals surface area contributed by atoms with Gasteiger partial charge in [-0.3, -0.25) is 0 Å². The molecule has 1 aliphatic carbocycles. The van der Waals surface area contributed by atoms with Crippen LogP contribution >= 0.6 is 0 Å². The molecule has 5 heteroatoms. The molecule has 1 N–H and O–H groups in total. The van der Waals surface area contributed by atoms with Gasteiger partial charge < -0.3 is 24.1 Å². The van der Waals surface area contributed by atoms with Crippen LogP contribution in [-0.2, 0) is 10.8 Å². The predicted octanol–water partition coefficient (Wildman–Crippen LogP) is 6.08. The second-order valence-electron chi connectivity index (χ2n) is 11.2. The van der Waals surface area contributed by atoms with Gasteiger partial charge in [0.05, 0.1) is 18.1 Å². The third-order valence-electron chi connectivity index (χ3n) is 8.76. The molecule has 4 atom stereocenters. The summed E-state index contributed by atoms with van der Waals surface area (Å²) in [5, 5.41) is 11.6. The van der Waals surface area contributed by atoms with Crippen molar-refractivity contribution in [2.45, 2.75) is 64.3 Å². The van der Waals surface area contributed by atoms with Crippen molar-refractivity contribution >= 4 is 0 Å². The standard InChI is InChI=1S/C31H30O5/c1-15-8-17(3)26-21(10-15)29(6)14-19(5)31-30(28(29)34-26,22-11-16(2)9-18(4)27(22)36-31)25-23(32)12-20(33-7)13-24(25)35-31/h8-14,28,32H,1-7H3/t28-,29+,30-,31+/m1/s1. The number of methoxy groups -OCH3 is 1. The quantitative estimate of drug-likeness (QED) is 0.426. The molecule has 3 aromatic carbocycles. The van der Waals surface area contributed by atoms with Crippen LogP contribution in [-0.4, -0.2) is 24.1 Å². The van der Waals surface area contributed by atoms with Gasteiger partial charge in [-0.25, -0.2) is 0 Å². The Kier molecular flexibility index (Phi) is 3.84. The van der Waals surface area contributed by atoms with Crippen molar-refractivity contribution in [2.75, 3.05) is 7.11 Å². The lowest BCUT2D eigenvalue weighted by atomic mass is 9.54. The molecule has 0 spiro atoms. The summed E-state index contributed by atoms with van der Waals surface area (Å²) in [4.78, 5) is 0. The minimum atomic E-state index is -1.19. The summed E-state index contributed by atoms with van der Waals surface area (Å²) in [6.45, 7) is 12.7. The highest BCUT2D eigenvalue weighted by atomic mass is 16.7. The summed E-state index contributed by atoms with van der Waals surface area (Å²) >= 11 is 0. The molecule has 0 unspecified atom stereocenters. The first-order chi connectivity index (χ1) is 17.1. The summed E-state index contributed by atoms with van der Waals surface area (Å²) in [5.41, 5.74) is 6.86. The van der Waals surface area contributed by atoms with Gasteiger partial charge in [0, 0.05) is 28.8 Å². The summed E-state index contributed by atoms with van der Waals surface area (Å²) in [7, 11) is 1.59. The Balaban J connectivity index is 1.65. The van der Waals surface area contributed by atoms with Crippen LogP contribution in [0, 0.1) is 27.7 Å². The Labute approximate surface area is 211 Å². The van der Waals surface area contributed by atoms with Crippen molar-refractivity contribution in [3.8, 4) is 28.7 Å². The van der Waals surface area contributed by atoms with E-state index in [1.54, 1.807) is 13.2 Å². The average molecular weight is 483 g/mol. The van der Waals surface area contributed by atoms with E-state index in [1.807, 2.05) is 6.07 Å². The van der Waals surface area contributed by atoms with Crippen molar-refractivity contribution in [1.29, 1.82) is 0 Å². The van der Waals surface area contributed by atoms with Gasteiger partial charge in [0.1, 0.15) is 34.9 Å². The Bertz CT molecular complexity index is 1550. The average Bonchev–Trinajstić information content (AvgIpc) is 3.37. The molecule has 3 aliphatic heterocycles. The van der Waals surface area contributed by atoms with Crippen molar-refractivity contribution in [2.24, 2.45) is 0 Å². The number of phenolic OH excluding ortho intramolecular Hbond substituents is 1. The molecule has 3 aromatic rings. The molecule has 0 fully saturated rings. The fraction of sp³-hybridized carbons (Fsp3) is 0.355. The van der Waals surface area contributed by atoms with Gasteiger partial charge in [-0.1, -0.05) is 41.5 Å². The molecule has 0 amide bonds. The Morgan fingerprint density at radius 3 is 2.19 bits per heavy atom. The largest absolute Gasteiger partial charge is 0.507 e. The molecule has 184 valence electrons. The molecular weight excluding hydrogens is 452 g/mol. The topological polar surface area (TPSA) is 57.2 Å². The molecule has 7 rings (SSSR count). The highest BCUT2D eigenvalue weighted by Gasteiger charge is 2.80. The molecule has 0 bridgehead atoms. The van der Waals surface area contributed by atoms with E-state index < -0.39 is 22.7 Å². The molecule has 0 saturated heterocycles. The highest BCUT2D eigenvalue weighted by molar-refractivity contribution is 5.74. The van der Waals surface area contributed by atoms with Crippen molar-refractivity contribution in [3.63, 3.8) is 0 Å². The Morgan fingerprint density at radius 1 is 0.833 bits per heavy atom. The first-order valence-electron chi connectivity index (χ1n) is 12.5. The molecule has 0 saturated carbocycles. The lowest BCUT2D eigenvalue weighted by Crippen LogP contribution is -2.66. The number of hydrogen-bond donors (Lipinski definition) is 1. The Morgan fingerprint density at radius 2 is 1.50 bits per heavy atom. The second kappa shape index (κ2) is 6.39. The fourth-order valence-electron chi connectivity index (χ4n) is 7.56. The van der Waals surface area contributed by atoms with Gasteiger partial charge >= 0.3 is 0 Å². The van der Waals surface area contributed by atoms with Crippen LogP contribution in [0.1, 0.15) is 52.8 Å². The summed E-state index contributed by atoms with van der Waals surface area (Å²) in [6, 6.07) is 12.2. The van der Waals surface area contributed by atoms with Gasteiger partial charge in [0.2, 0.25) is 0 Å². The maximum Gasteiger partial charge on any atom is 0.291 e. The third kappa shape index (κ3) is 2.16. The van der Waals surface area contributed by atoms with Gasteiger partial charge in [0.25, 0.3) is 5.79 Å². The zero-order valence-corrected chi connectivity index (χ0v) is 21.7. The van der Waals surface area contributed by atoms with Crippen molar-refractivity contribution < 1.29 is 24.1 Å². The summed E-state index contributed by atoms with van der Waals surface area (Å²) < 4.78 is 26.2. The fourth-order valence-corrected chi connectivity index (χ4v) is 7.56. The third-order valence-corrected chi connectivity index (χ3v) is 8.76. The van der Waals surface area contributed by atoms with Crippen molar-refractivity contribution in [3.05, 3.63) is 87.0 Å². The van der Waals surface area contributed by atoms with Crippen LogP contribution in [0.4, 0.5) is 0 Å². The summed E-state index contributed by atoms with van der Waals surface area (Å²) in [5.74, 6) is 1.72. The van der Waals surface area contributed by atoms with E-state index in [1.165, 1.54) is 5.56 Å². The van der Waals surface area contributed by atoms with E-state index >= 15 is 0 Å². The summed E-state index contributed by atoms with van der Waals surface area (Å²) in [6.07, 6.45) is 1.85. The number of fused-ring (bicyclic) bond motifs is 5. The second-order valence-corrected chi connectivity index (χ2v) is 11.2. The van der Waals surface area contributed by atoms with Crippen LogP contribution in [0.2, 0.25) is 0 Å². The van der Waals surface area contributed by atoms with E-state index in [0.29, 0.717) is 17.1 Å². The number of phenols is 1. The van der Waals surface area contributed by atoms with Crippen LogP contribution < -0.4 is 18.9 Å². The number of ether oxygens (including phenoxy) is 4. The van der Waals surface area contributed by atoms with E-state index in [0.717, 1.165) is 44.9 Å². The van der Waals surface area contributed by atoms with Gasteiger partial charge in [-0.15, -0.1) is 0 Å². The molecule has 3 heterocycles. The number of hydrogen-bond acceptors (Lipinski definition) is 5. The van der Waals surface area contributed by atoms with Gasteiger partial charge in [0.15, 0.2) is 5.41 Å². The maximum absolute atomic E-state index is 11.6. The zero-order chi connectivity index (χ0) is 25.4. The number of benzene rings is 3. The molecule has 4 aliphatic rings. The molecule has 36 heavy (non-hydrogen) atoms. The van der Waals surface area contributed by atoms with Gasteiger partial charge in [-0.05, 0) is 52.7 Å². The lowest BCUT2D eigenvalue weighted by molar-refractivity contribution is -0.126. The first kappa shape index (κ1) is 21.7. The van der Waals surface area contributed by atoms with Crippen LogP contribution in [0.5, 0.6) is 28.7 Å². The molecule has 0 radical (unpaired) electrons. The number of rotatable bonds is 1. The van der Waals surface area contributed by atoms with Crippen molar-refractivity contribution in [1.82, 2.24) is 0 Å².